The third-order valence-corrected chi connectivity index (χ3v) is 4.37. The van der Waals surface area contributed by atoms with E-state index < -0.39 is 11.8 Å². The molecule has 0 saturated carbocycles. The van der Waals surface area contributed by atoms with Crippen molar-refractivity contribution in [2.45, 2.75) is 18.7 Å². The van der Waals surface area contributed by atoms with E-state index in [2.05, 4.69) is 0 Å². The van der Waals surface area contributed by atoms with Gasteiger partial charge >= 0.3 is 6.18 Å². The number of benzene rings is 2. The van der Waals surface area contributed by atoms with Crippen LogP contribution in [0.1, 0.15) is 16.7 Å². The Bertz CT molecular complexity index is 794. The Kier molecular flexibility index (Phi) is 4.41. The topological polar surface area (TPSA) is 9.23 Å². The number of ether oxygens (including phenoxy) is 1. The number of alkyl halides is 3. The Balaban J connectivity index is 2.15. The zero-order chi connectivity index (χ0) is 17.5. The third-order valence-electron chi connectivity index (χ3n) is 3.93. The van der Waals surface area contributed by atoms with Crippen LogP contribution in [0.5, 0.6) is 0 Å². The molecule has 6 heteroatoms. The van der Waals surface area contributed by atoms with E-state index in [-0.39, 0.29) is 22.2 Å². The van der Waals surface area contributed by atoms with Gasteiger partial charge in [0.05, 0.1) is 6.61 Å². The molecule has 1 nitrogen and oxygen atoms in total. The zero-order valence-corrected chi connectivity index (χ0v) is 14.1. The Hall–Kier alpha value is -1.49. The van der Waals surface area contributed by atoms with Crippen LogP contribution in [0.4, 0.5) is 13.2 Å². The van der Waals surface area contributed by atoms with Crippen molar-refractivity contribution in [2.24, 2.45) is 0 Å². The maximum absolute atomic E-state index is 13.9. The second-order valence-corrected chi connectivity index (χ2v) is 6.59. The standard InChI is InChI=1S/C18H13Cl2F3O/c1-11-3-2-4-12(5-11)13-9-17(24-10-13,18(21,22)23)14-6-15(19)8-16(20)7-14/h2-9H,10H2,1H3. The first kappa shape index (κ1) is 17.3. The molecule has 1 heterocycles. The van der Waals surface area contributed by atoms with Gasteiger partial charge in [-0.2, -0.15) is 13.2 Å². The predicted molar refractivity (Wildman–Crippen MR) is 89.3 cm³/mol. The summed E-state index contributed by atoms with van der Waals surface area (Å²) in [6.45, 7) is 1.74. The molecule has 1 aliphatic rings. The fourth-order valence-electron chi connectivity index (χ4n) is 2.79. The van der Waals surface area contributed by atoms with Crippen LogP contribution < -0.4 is 0 Å². The lowest BCUT2D eigenvalue weighted by Crippen LogP contribution is -2.41. The van der Waals surface area contributed by atoms with E-state index in [1.165, 1.54) is 18.2 Å². The minimum atomic E-state index is -4.65. The lowest BCUT2D eigenvalue weighted by molar-refractivity contribution is -0.254. The third kappa shape index (κ3) is 3.06. The molecule has 1 aliphatic heterocycles. The highest BCUT2D eigenvalue weighted by molar-refractivity contribution is 6.34. The van der Waals surface area contributed by atoms with E-state index in [1.807, 2.05) is 19.1 Å². The molecule has 0 radical (unpaired) electrons. The quantitative estimate of drug-likeness (QED) is 0.612. The summed E-state index contributed by atoms with van der Waals surface area (Å²) in [5, 5.41) is 0.254. The van der Waals surface area contributed by atoms with Crippen molar-refractivity contribution in [1.82, 2.24) is 0 Å². The molecule has 1 unspecified atom stereocenters. The van der Waals surface area contributed by atoms with Crippen molar-refractivity contribution in [3.8, 4) is 0 Å². The highest BCUT2D eigenvalue weighted by Gasteiger charge is 2.58. The van der Waals surface area contributed by atoms with E-state index in [4.69, 9.17) is 27.9 Å². The van der Waals surface area contributed by atoms with E-state index in [1.54, 1.807) is 12.1 Å². The van der Waals surface area contributed by atoms with Gasteiger partial charge in [0.1, 0.15) is 0 Å². The molecule has 24 heavy (non-hydrogen) atoms. The molecule has 0 N–H and O–H groups in total. The van der Waals surface area contributed by atoms with Crippen molar-refractivity contribution in [3.63, 3.8) is 0 Å². The largest absolute Gasteiger partial charge is 0.425 e. The van der Waals surface area contributed by atoms with Gasteiger partial charge in [0.15, 0.2) is 0 Å². The van der Waals surface area contributed by atoms with Gasteiger partial charge in [0, 0.05) is 10.0 Å². The monoisotopic (exact) mass is 372 g/mol. The summed E-state index contributed by atoms with van der Waals surface area (Å²) in [6.07, 6.45) is -3.53. The smallest absolute Gasteiger partial charge is 0.352 e. The number of rotatable bonds is 2. The summed E-state index contributed by atoms with van der Waals surface area (Å²) in [7, 11) is 0. The van der Waals surface area contributed by atoms with E-state index in [9.17, 15) is 13.2 Å². The fraction of sp³-hybridized carbons (Fsp3) is 0.222. The molecule has 0 aromatic heterocycles. The highest BCUT2D eigenvalue weighted by Crippen LogP contribution is 2.49. The molecule has 0 amide bonds. The highest BCUT2D eigenvalue weighted by atomic mass is 35.5. The normalized spacial score (nSPS) is 21.0. The number of aryl methyl sites for hydroxylation is 1. The van der Waals surface area contributed by atoms with Crippen LogP contribution in [0, 0.1) is 6.92 Å². The summed E-state index contributed by atoms with van der Waals surface area (Å²) < 4.78 is 46.9. The van der Waals surface area contributed by atoms with Crippen LogP contribution >= 0.6 is 23.2 Å². The minimum Gasteiger partial charge on any atom is -0.352 e. The molecule has 126 valence electrons. The minimum absolute atomic E-state index is 0.127. The first-order valence-corrected chi connectivity index (χ1v) is 7.93. The first-order chi connectivity index (χ1) is 11.2. The van der Waals surface area contributed by atoms with Crippen molar-refractivity contribution in [1.29, 1.82) is 0 Å². The Morgan fingerprint density at radius 1 is 1.04 bits per heavy atom. The molecule has 2 aromatic rings. The van der Waals surface area contributed by atoms with Crippen LogP contribution in [0.3, 0.4) is 0 Å². The predicted octanol–water partition coefficient (Wildman–Crippen LogP) is 6.17. The van der Waals surface area contributed by atoms with Crippen molar-refractivity contribution in [2.75, 3.05) is 6.61 Å². The number of hydrogen-bond acceptors (Lipinski definition) is 1. The molecule has 2 aromatic carbocycles. The molecule has 0 fully saturated rings. The second-order valence-electron chi connectivity index (χ2n) is 5.72. The lowest BCUT2D eigenvalue weighted by atomic mass is 9.91. The second kappa shape index (κ2) is 6.10. The summed E-state index contributed by atoms with van der Waals surface area (Å²) in [5.41, 5.74) is -0.541. The molecule has 3 rings (SSSR count). The van der Waals surface area contributed by atoms with Crippen LogP contribution in [0.15, 0.2) is 48.5 Å². The van der Waals surface area contributed by atoms with Gasteiger partial charge in [-0.15, -0.1) is 0 Å². The van der Waals surface area contributed by atoms with E-state index in [0.717, 1.165) is 11.6 Å². The van der Waals surface area contributed by atoms with E-state index >= 15 is 0 Å². The van der Waals surface area contributed by atoms with Gasteiger partial charge < -0.3 is 4.74 Å². The van der Waals surface area contributed by atoms with E-state index in [0.29, 0.717) is 11.1 Å². The molecular formula is C18H13Cl2F3O. The summed E-state index contributed by atoms with van der Waals surface area (Å²) in [6, 6.07) is 11.1. The van der Waals surface area contributed by atoms with Crippen LogP contribution in [-0.2, 0) is 10.3 Å². The average Bonchev–Trinajstić information content (AvgIpc) is 2.92. The van der Waals surface area contributed by atoms with Gasteiger partial charge in [0.25, 0.3) is 0 Å². The Labute approximate surface area is 147 Å². The first-order valence-electron chi connectivity index (χ1n) is 7.17. The van der Waals surface area contributed by atoms with Crippen LogP contribution in [0.25, 0.3) is 5.57 Å². The molecular weight excluding hydrogens is 360 g/mol. The summed E-state index contributed by atoms with van der Waals surface area (Å²) in [5.74, 6) is 0. The Morgan fingerprint density at radius 3 is 2.29 bits per heavy atom. The molecule has 0 saturated heterocycles. The van der Waals surface area contributed by atoms with Gasteiger partial charge in [-0.3, -0.25) is 0 Å². The Morgan fingerprint density at radius 2 is 1.71 bits per heavy atom. The molecule has 0 spiro atoms. The SMILES string of the molecule is Cc1cccc(C2=CC(c3cc(Cl)cc(Cl)c3)(C(F)(F)F)OC2)c1. The fourth-order valence-corrected chi connectivity index (χ4v) is 3.32. The van der Waals surface area contributed by atoms with Gasteiger partial charge in [-0.05, 0) is 47.9 Å². The molecule has 1 atom stereocenters. The lowest BCUT2D eigenvalue weighted by Gasteiger charge is -2.30. The van der Waals surface area contributed by atoms with Gasteiger partial charge in [-0.1, -0.05) is 53.0 Å². The average molecular weight is 373 g/mol. The zero-order valence-electron chi connectivity index (χ0n) is 12.6. The van der Waals surface area contributed by atoms with Crippen molar-refractivity contribution < 1.29 is 17.9 Å². The van der Waals surface area contributed by atoms with Crippen molar-refractivity contribution >= 4 is 28.8 Å². The number of halogens is 5. The summed E-state index contributed by atoms with van der Waals surface area (Å²) in [4.78, 5) is 0. The maximum Gasteiger partial charge on any atom is 0.425 e. The van der Waals surface area contributed by atoms with Crippen LogP contribution in [-0.4, -0.2) is 12.8 Å². The molecule has 0 aliphatic carbocycles. The van der Waals surface area contributed by atoms with Gasteiger partial charge in [0.2, 0.25) is 5.60 Å². The summed E-state index contributed by atoms with van der Waals surface area (Å²) >= 11 is 11.8. The maximum atomic E-state index is 13.9. The van der Waals surface area contributed by atoms with Crippen molar-refractivity contribution in [3.05, 3.63) is 75.3 Å². The number of hydrogen-bond donors (Lipinski definition) is 0. The van der Waals surface area contributed by atoms with Crippen LogP contribution in [0.2, 0.25) is 10.0 Å². The van der Waals surface area contributed by atoms with Gasteiger partial charge in [-0.25, -0.2) is 0 Å². The molecule has 0 bridgehead atoms.